The lowest BCUT2D eigenvalue weighted by atomic mass is 10.1. The zero-order valence-electron chi connectivity index (χ0n) is 12.3. The van der Waals surface area contributed by atoms with Crippen LogP contribution in [0.2, 0.25) is 5.02 Å². The average Bonchev–Trinajstić information content (AvgIpc) is 3.10. The molecule has 1 aliphatic rings. The maximum Gasteiger partial charge on any atom is 0.133 e. The summed E-state index contributed by atoms with van der Waals surface area (Å²) in [6.07, 6.45) is 0.989. The van der Waals surface area contributed by atoms with Crippen LogP contribution in [0, 0.1) is 6.92 Å². The van der Waals surface area contributed by atoms with Crippen molar-refractivity contribution in [1.82, 2.24) is 9.78 Å². The van der Waals surface area contributed by atoms with E-state index in [9.17, 15) is 0 Å². The Kier molecular flexibility index (Phi) is 3.16. The number of nitrogens with zero attached hydrogens (tertiary/aromatic N) is 2. The van der Waals surface area contributed by atoms with Gasteiger partial charge in [0, 0.05) is 22.7 Å². The van der Waals surface area contributed by atoms with Gasteiger partial charge in [-0.25, -0.2) is 4.68 Å². The summed E-state index contributed by atoms with van der Waals surface area (Å²) in [6, 6.07) is 16.3. The van der Waals surface area contributed by atoms with Gasteiger partial charge in [0.2, 0.25) is 0 Å². The normalized spacial score (nSPS) is 13.0. The van der Waals surface area contributed by atoms with Crippen molar-refractivity contribution in [2.45, 2.75) is 13.3 Å². The number of anilines is 1. The van der Waals surface area contributed by atoms with E-state index in [1.807, 2.05) is 22.9 Å². The molecule has 3 nitrogen and oxygen atoms in total. The van der Waals surface area contributed by atoms with E-state index in [1.165, 1.54) is 11.1 Å². The summed E-state index contributed by atoms with van der Waals surface area (Å²) in [4.78, 5) is 0. The molecule has 0 bridgehead atoms. The fourth-order valence-electron chi connectivity index (χ4n) is 2.92. The SMILES string of the molecule is Cc1ccc(-n2nc(-c3cccc(Cl)c3)c3c2NCC3)cc1. The van der Waals surface area contributed by atoms with Gasteiger partial charge in [-0.15, -0.1) is 0 Å². The zero-order valence-corrected chi connectivity index (χ0v) is 13.1. The number of hydrogen-bond acceptors (Lipinski definition) is 2. The Bertz CT molecular complexity index is 834. The molecule has 1 aliphatic heterocycles. The van der Waals surface area contributed by atoms with Crippen molar-refractivity contribution in [2.75, 3.05) is 11.9 Å². The summed E-state index contributed by atoms with van der Waals surface area (Å²) in [6.45, 7) is 3.04. The molecule has 0 spiro atoms. The second-order valence-corrected chi connectivity index (χ2v) is 6.05. The standard InChI is InChI=1S/C18H16ClN3/c1-12-5-7-15(8-6-12)22-18-16(9-10-20-18)17(21-22)13-3-2-4-14(19)11-13/h2-8,11,20H,9-10H2,1H3. The van der Waals surface area contributed by atoms with Gasteiger partial charge in [-0.1, -0.05) is 41.4 Å². The number of aryl methyl sites for hydroxylation is 1. The van der Waals surface area contributed by atoms with Crippen molar-refractivity contribution in [1.29, 1.82) is 0 Å². The molecule has 0 amide bonds. The summed E-state index contributed by atoms with van der Waals surface area (Å²) in [5.74, 6) is 1.10. The van der Waals surface area contributed by atoms with Crippen molar-refractivity contribution in [3.8, 4) is 16.9 Å². The van der Waals surface area contributed by atoms with E-state index >= 15 is 0 Å². The summed E-state index contributed by atoms with van der Waals surface area (Å²) in [7, 11) is 0. The van der Waals surface area contributed by atoms with Gasteiger partial charge in [0.05, 0.1) is 11.4 Å². The van der Waals surface area contributed by atoms with Crippen molar-refractivity contribution in [2.24, 2.45) is 0 Å². The van der Waals surface area contributed by atoms with Crippen LogP contribution in [0.25, 0.3) is 16.9 Å². The number of fused-ring (bicyclic) bond motifs is 1. The largest absolute Gasteiger partial charge is 0.369 e. The predicted octanol–water partition coefficient (Wildman–Crippen LogP) is 4.47. The smallest absolute Gasteiger partial charge is 0.133 e. The zero-order chi connectivity index (χ0) is 15.1. The van der Waals surface area contributed by atoms with Gasteiger partial charge in [0.1, 0.15) is 5.82 Å². The highest BCUT2D eigenvalue weighted by Crippen LogP contribution is 2.35. The predicted molar refractivity (Wildman–Crippen MR) is 90.9 cm³/mol. The van der Waals surface area contributed by atoms with Gasteiger partial charge in [-0.2, -0.15) is 5.10 Å². The van der Waals surface area contributed by atoms with E-state index in [1.54, 1.807) is 0 Å². The van der Waals surface area contributed by atoms with E-state index in [-0.39, 0.29) is 0 Å². The molecule has 0 unspecified atom stereocenters. The molecule has 0 aliphatic carbocycles. The molecule has 2 aromatic carbocycles. The van der Waals surface area contributed by atoms with Gasteiger partial charge in [0.25, 0.3) is 0 Å². The maximum absolute atomic E-state index is 6.14. The molecule has 3 aromatic rings. The Morgan fingerprint density at radius 3 is 2.73 bits per heavy atom. The first kappa shape index (κ1) is 13.4. The third-order valence-electron chi connectivity index (χ3n) is 4.03. The van der Waals surface area contributed by atoms with Crippen LogP contribution in [-0.2, 0) is 6.42 Å². The lowest BCUT2D eigenvalue weighted by Gasteiger charge is -2.06. The average molecular weight is 310 g/mol. The fraction of sp³-hybridized carbons (Fsp3) is 0.167. The molecule has 0 saturated heterocycles. The minimum Gasteiger partial charge on any atom is -0.369 e. The van der Waals surface area contributed by atoms with Crippen LogP contribution in [0.4, 0.5) is 5.82 Å². The molecule has 22 heavy (non-hydrogen) atoms. The molecule has 1 N–H and O–H groups in total. The first-order valence-electron chi connectivity index (χ1n) is 7.41. The fourth-order valence-corrected chi connectivity index (χ4v) is 3.11. The Hall–Kier alpha value is -2.26. The Balaban J connectivity index is 1.88. The van der Waals surface area contributed by atoms with Gasteiger partial charge < -0.3 is 5.32 Å². The lowest BCUT2D eigenvalue weighted by Crippen LogP contribution is -2.04. The van der Waals surface area contributed by atoms with Gasteiger partial charge in [-0.05, 0) is 37.6 Å². The second kappa shape index (κ2) is 5.18. The first-order chi connectivity index (χ1) is 10.7. The maximum atomic E-state index is 6.14. The number of halogens is 1. The summed E-state index contributed by atoms with van der Waals surface area (Å²) in [5.41, 5.74) is 5.67. The molecule has 0 fully saturated rings. The van der Waals surface area contributed by atoms with E-state index in [0.717, 1.165) is 40.8 Å². The molecule has 4 heteroatoms. The molecule has 0 saturated carbocycles. The minimum atomic E-state index is 0.738. The molecule has 4 rings (SSSR count). The van der Waals surface area contributed by atoms with Crippen LogP contribution in [0.15, 0.2) is 48.5 Å². The minimum absolute atomic E-state index is 0.738. The van der Waals surface area contributed by atoms with Gasteiger partial charge in [-0.3, -0.25) is 0 Å². The van der Waals surface area contributed by atoms with E-state index in [4.69, 9.17) is 16.7 Å². The van der Waals surface area contributed by atoms with Gasteiger partial charge >= 0.3 is 0 Å². The molecule has 1 aromatic heterocycles. The molecule has 110 valence electrons. The highest BCUT2D eigenvalue weighted by molar-refractivity contribution is 6.30. The van der Waals surface area contributed by atoms with Crippen LogP contribution < -0.4 is 5.32 Å². The topological polar surface area (TPSA) is 29.9 Å². The number of rotatable bonds is 2. The summed E-state index contributed by atoms with van der Waals surface area (Å²) in [5, 5.41) is 9.03. The molecule has 2 heterocycles. The van der Waals surface area contributed by atoms with Crippen molar-refractivity contribution in [3.05, 3.63) is 64.7 Å². The Morgan fingerprint density at radius 1 is 1.14 bits per heavy atom. The third-order valence-corrected chi connectivity index (χ3v) is 4.26. The van der Waals surface area contributed by atoms with Crippen molar-refractivity contribution in [3.63, 3.8) is 0 Å². The van der Waals surface area contributed by atoms with Crippen LogP contribution >= 0.6 is 11.6 Å². The number of hydrogen-bond donors (Lipinski definition) is 1. The van der Waals surface area contributed by atoms with Crippen LogP contribution in [0.5, 0.6) is 0 Å². The Labute approximate surface area is 134 Å². The monoisotopic (exact) mass is 309 g/mol. The summed E-state index contributed by atoms with van der Waals surface area (Å²) < 4.78 is 2.00. The van der Waals surface area contributed by atoms with Crippen molar-refractivity contribution < 1.29 is 0 Å². The number of benzene rings is 2. The third kappa shape index (κ3) is 2.18. The van der Waals surface area contributed by atoms with Crippen LogP contribution in [0.3, 0.4) is 0 Å². The second-order valence-electron chi connectivity index (χ2n) is 5.61. The lowest BCUT2D eigenvalue weighted by molar-refractivity contribution is 0.882. The first-order valence-corrected chi connectivity index (χ1v) is 7.79. The highest BCUT2D eigenvalue weighted by Gasteiger charge is 2.23. The molecular formula is C18H16ClN3. The van der Waals surface area contributed by atoms with Gasteiger partial charge in [0.15, 0.2) is 0 Å². The van der Waals surface area contributed by atoms with Crippen molar-refractivity contribution >= 4 is 17.4 Å². The molecular weight excluding hydrogens is 294 g/mol. The number of aromatic nitrogens is 2. The van der Waals surface area contributed by atoms with Crippen LogP contribution in [-0.4, -0.2) is 16.3 Å². The molecule has 0 radical (unpaired) electrons. The quantitative estimate of drug-likeness (QED) is 0.757. The van der Waals surface area contributed by atoms with Crippen LogP contribution in [0.1, 0.15) is 11.1 Å². The highest BCUT2D eigenvalue weighted by atomic mass is 35.5. The summed E-state index contributed by atoms with van der Waals surface area (Å²) >= 11 is 6.14. The van der Waals surface area contributed by atoms with E-state index in [2.05, 4.69) is 42.6 Å². The van der Waals surface area contributed by atoms with E-state index < -0.39 is 0 Å². The Morgan fingerprint density at radius 2 is 1.95 bits per heavy atom. The molecule has 0 atom stereocenters. The number of nitrogens with one attached hydrogen (secondary N) is 1. The van der Waals surface area contributed by atoms with E-state index in [0.29, 0.717) is 0 Å².